The maximum atomic E-state index is 14.9. The first-order valence-corrected chi connectivity index (χ1v) is 22.4. The highest BCUT2D eigenvalue weighted by atomic mass is 32.2. The third kappa shape index (κ3) is 7.62. The molecule has 3 saturated carbocycles. The van der Waals surface area contributed by atoms with Crippen molar-refractivity contribution in [3.63, 3.8) is 0 Å². The highest BCUT2D eigenvalue weighted by Gasteiger charge is 2.64. The van der Waals surface area contributed by atoms with E-state index in [0.717, 1.165) is 54.3 Å². The van der Waals surface area contributed by atoms with Crippen molar-refractivity contribution in [3.05, 3.63) is 41.6 Å². The number of allylic oxidation sites excluding steroid dienone is 1. The van der Waals surface area contributed by atoms with E-state index in [1.54, 1.807) is 18.9 Å². The molecule has 8 rings (SSSR count). The van der Waals surface area contributed by atoms with Crippen molar-refractivity contribution in [2.24, 2.45) is 11.8 Å². The van der Waals surface area contributed by atoms with E-state index in [9.17, 15) is 27.6 Å². The zero-order chi connectivity index (χ0) is 40.3. The van der Waals surface area contributed by atoms with Gasteiger partial charge in [-0.05, 0) is 103 Å². The summed E-state index contributed by atoms with van der Waals surface area (Å²) in [5.74, 6) is -1.55. The third-order valence-electron chi connectivity index (χ3n) is 13.4. The number of benzene rings is 1. The molecule has 0 radical (unpaired) electrons. The number of nitrogens with zero attached hydrogens (tertiary/aromatic N) is 2. The number of amides is 3. The molecule has 2 aromatic rings. The first-order valence-electron chi connectivity index (χ1n) is 21.0. The SMILES string of the molecule is CC[C@H](C)OC(=O)C[C@H]1CCCCC/C=C\[C@@H]2C[C@@]2(C(=O)NS(=O)(=O)C2(C)CC2)NC(=O)[C@@H]2C[C@]3(CCc4c(c(C5CC5)nc5ccc(OC)cc45)O3)CN2C1=O. The molecule has 1 aromatic carbocycles. The average Bonchev–Trinajstić information content (AvgIpc) is 4.12. The second kappa shape index (κ2) is 14.9. The number of aryl methyl sites for hydroxylation is 1. The lowest BCUT2D eigenvalue weighted by Gasteiger charge is -2.37. The summed E-state index contributed by atoms with van der Waals surface area (Å²) >= 11 is 0. The fourth-order valence-electron chi connectivity index (χ4n) is 8.98. The van der Waals surface area contributed by atoms with Gasteiger partial charge in [0.05, 0.1) is 42.1 Å². The number of nitrogens with one attached hydrogen (secondary N) is 2. The van der Waals surface area contributed by atoms with E-state index in [0.29, 0.717) is 56.4 Å². The lowest BCUT2D eigenvalue weighted by Crippen LogP contribution is -2.57. The minimum Gasteiger partial charge on any atom is -0.497 e. The highest BCUT2D eigenvalue weighted by molar-refractivity contribution is 7.91. The van der Waals surface area contributed by atoms with E-state index in [2.05, 4.69) is 10.0 Å². The number of esters is 1. The van der Waals surface area contributed by atoms with Crippen molar-refractivity contribution in [1.82, 2.24) is 19.9 Å². The quantitative estimate of drug-likeness (QED) is 0.243. The summed E-state index contributed by atoms with van der Waals surface area (Å²) in [5, 5.41) is 3.94. The van der Waals surface area contributed by atoms with E-state index in [1.165, 1.54) is 0 Å². The summed E-state index contributed by atoms with van der Waals surface area (Å²) < 4.78 is 46.1. The molecule has 6 aliphatic rings. The number of hydrogen-bond acceptors (Lipinski definition) is 10. The van der Waals surface area contributed by atoms with Crippen LogP contribution >= 0.6 is 0 Å². The Kier molecular flexibility index (Phi) is 10.3. The van der Waals surface area contributed by atoms with Crippen LogP contribution in [0.15, 0.2) is 30.4 Å². The topological polar surface area (TPSA) is 170 Å². The molecule has 14 heteroatoms. The van der Waals surface area contributed by atoms with E-state index in [1.807, 2.05) is 44.2 Å². The van der Waals surface area contributed by atoms with Crippen LogP contribution in [0, 0.1) is 11.8 Å². The molecule has 13 nitrogen and oxygen atoms in total. The van der Waals surface area contributed by atoms with E-state index < -0.39 is 61.6 Å². The number of carbonyl (C=O) groups excluding carboxylic acids is 4. The zero-order valence-electron chi connectivity index (χ0n) is 33.6. The van der Waals surface area contributed by atoms with Gasteiger partial charge in [0.15, 0.2) is 0 Å². The van der Waals surface area contributed by atoms with Gasteiger partial charge in [-0.3, -0.25) is 23.9 Å². The maximum Gasteiger partial charge on any atom is 0.306 e. The smallest absolute Gasteiger partial charge is 0.306 e. The Morgan fingerprint density at radius 1 is 1.11 bits per heavy atom. The average molecular weight is 805 g/mol. The molecule has 4 heterocycles. The minimum atomic E-state index is -3.98. The monoisotopic (exact) mass is 804 g/mol. The van der Waals surface area contributed by atoms with Crippen LogP contribution in [0.3, 0.4) is 0 Å². The molecule has 1 spiro atoms. The fraction of sp³-hybridized carbons (Fsp3) is 0.651. The molecule has 3 aliphatic carbocycles. The van der Waals surface area contributed by atoms with Gasteiger partial charge in [-0.15, -0.1) is 0 Å². The predicted octanol–water partition coefficient (Wildman–Crippen LogP) is 5.53. The van der Waals surface area contributed by atoms with Crippen LogP contribution in [0.4, 0.5) is 0 Å². The summed E-state index contributed by atoms with van der Waals surface area (Å²) in [5.41, 5.74) is 0.355. The molecule has 6 atom stereocenters. The minimum absolute atomic E-state index is 0.107. The van der Waals surface area contributed by atoms with Gasteiger partial charge in [0, 0.05) is 35.1 Å². The van der Waals surface area contributed by atoms with Crippen LogP contribution in [-0.4, -0.2) is 83.7 Å². The Bertz CT molecular complexity index is 2110. The second-order valence-electron chi connectivity index (χ2n) is 17.8. The molecule has 0 bridgehead atoms. The van der Waals surface area contributed by atoms with Gasteiger partial charge in [0.1, 0.15) is 28.7 Å². The summed E-state index contributed by atoms with van der Waals surface area (Å²) in [6, 6.07) is 4.81. The number of methoxy groups -OCH3 is 1. The van der Waals surface area contributed by atoms with Crippen molar-refractivity contribution in [2.75, 3.05) is 13.7 Å². The Morgan fingerprint density at radius 2 is 1.89 bits per heavy atom. The van der Waals surface area contributed by atoms with Crippen molar-refractivity contribution in [2.45, 2.75) is 151 Å². The molecule has 2 N–H and O–H groups in total. The fourth-order valence-corrected chi connectivity index (χ4v) is 10.3. The summed E-state index contributed by atoms with van der Waals surface area (Å²) in [7, 11) is -2.35. The molecule has 4 fully saturated rings. The van der Waals surface area contributed by atoms with E-state index >= 15 is 0 Å². The number of carbonyl (C=O) groups is 4. The number of aromatic nitrogens is 1. The van der Waals surface area contributed by atoms with Crippen molar-refractivity contribution < 1.29 is 41.8 Å². The Balaban J connectivity index is 1.15. The normalized spacial score (nSPS) is 30.7. The van der Waals surface area contributed by atoms with E-state index in [-0.39, 0.29) is 43.7 Å². The predicted molar refractivity (Wildman–Crippen MR) is 212 cm³/mol. The number of ether oxygens (including phenoxy) is 3. The molecule has 1 aromatic heterocycles. The Labute approximate surface area is 335 Å². The second-order valence-corrected chi connectivity index (χ2v) is 20.0. The van der Waals surface area contributed by atoms with Crippen LogP contribution in [0.5, 0.6) is 11.5 Å². The van der Waals surface area contributed by atoms with Gasteiger partial charge in [-0.25, -0.2) is 13.4 Å². The van der Waals surface area contributed by atoms with Gasteiger partial charge in [-0.1, -0.05) is 31.9 Å². The van der Waals surface area contributed by atoms with Crippen LogP contribution in [0.25, 0.3) is 10.9 Å². The number of pyridine rings is 1. The molecular weight excluding hydrogens is 749 g/mol. The summed E-state index contributed by atoms with van der Waals surface area (Å²) in [6.45, 7) is 5.47. The van der Waals surface area contributed by atoms with Gasteiger partial charge < -0.3 is 24.4 Å². The number of hydrogen-bond donors (Lipinski definition) is 2. The number of rotatable bonds is 9. The molecule has 3 aliphatic heterocycles. The number of fused-ring (bicyclic) bond motifs is 5. The summed E-state index contributed by atoms with van der Waals surface area (Å²) in [6.07, 6.45) is 12.1. The maximum absolute atomic E-state index is 14.9. The van der Waals surface area contributed by atoms with Crippen LogP contribution in [-0.2, 0) is 40.4 Å². The first kappa shape index (κ1) is 39.6. The third-order valence-corrected chi connectivity index (χ3v) is 15.6. The molecule has 3 amide bonds. The lowest BCUT2D eigenvalue weighted by molar-refractivity contribution is -0.153. The van der Waals surface area contributed by atoms with Crippen molar-refractivity contribution in [3.8, 4) is 11.5 Å². The van der Waals surface area contributed by atoms with Gasteiger partial charge >= 0.3 is 5.97 Å². The Morgan fingerprint density at radius 3 is 2.61 bits per heavy atom. The zero-order valence-corrected chi connectivity index (χ0v) is 34.4. The van der Waals surface area contributed by atoms with Gasteiger partial charge in [0.2, 0.25) is 21.8 Å². The molecule has 308 valence electrons. The van der Waals surface area contributed by atoms with Crippen molar-refractivity contribution in [1.29, 1.82) is 0 Å². The van der Waals surface area contributed by atoms with Gasteiger partial charge in [-0.2, -0.15) is 0 Å². The highest BCUT2D eigenvalue weighted by Crippen LogP contribution is 2.52. The van der Waals surface area contributed by atoms with Gasteiger partial charge in [0.25, 0.3) is 5.91 Å². The van der Waals surface area contributed by atoms with Crippen LogP contribution < -0.4 is 19.5 Å². The molecule has 57 heavy (non-hydrogen) atoms. The number of sulfonamides is 1. The van der Waals surface area contributed by atoms with E-state index in [4.69, 9.17) is 19.2 Å². The van der Waals surface area contributed by atoms with Crippen molar-refractivity contribution >= 4 is 44.6 Å². The molecule has 1 saturated heterocycles. The first-order chi connectivity index (χ1) is 27.2. The molecular formula is C43H56N4O9S. The summed E-state index contributed by atoms with van der Waals surface area (Å²) in [4.78, 5) is 63.6. The standard InChI is InChI=1S/C43H56N4O9S/c1-5-26(2)55-35(48)21-28-11-9-7-6-8-10-12-29-23-43(29,40(51)46-57(52,53)41(3)19-20-41)45-38(49)34-24-42(25-47(34)39(28)50)18-17-31-32-22-30(54-4)15-16-33(32)44-36(27-13-14-27)37(31)56-42/h10,12,15-16,22,26-29,34H,5-9,11,13-14,17-21,23-25H2,1-4H3,(H,45,49)(H,46,51)/b12-10-/t26-,28+,29+,34-,42+,43+/m0/s1. The van der Waals surface area contributed by atoms with Crippen LogP contribution in [0.2, 0.25) is 0 Å². The molecule has 0 unspecified atom stereocenters. The Hall–Kier alpha value is -4.20. The van der Waals surface area contributed by atoms with Crippen LogP contribution in [0.1, 0.15) is 128 Å². The lowest BCUT2D eigenvalue weighted by atomic mass is 9.86. The largest absolute Gasteiger partial charge is 0.497 e.